The minimum Gasteiger partial charge on any atom is -0.347 e. The number of halogens is 3. The van der Waals surface area contributed by atoms with Gasteiger partial charge in [0.15, 0.2) is 5.69 Å². The van der Waals surface area contributed by atoms with Crippen LogP contribution < -0.4 is 10.6 Å². The van der Waals surface area contributed by atoms with Crippen molar-refractivity contribution in [3.63, 3.8) is 0 Å². The van der Waals surface area contributed by atoms with Crippen LogP contribution in [-0.2, 0) is 12.7 Å². The number of nitrogens with one attached hydrogen (secondary N) is 2. The zero-order valence-electron chi connectivity index (χ0n) is 18.5. The van der Waals surface area contributed by atoms with E-state index in [1.54, 1.807) is 12.1 Å². The van der Waals surface area contributed by atoms with E-state index in [9.17, 15) is 22.8 Å². The Bertz CT molecular complexity index is 1360. The Labute approximate surface area is 198 Å². The maximum Gasteiger partial charge on any atom is 0.416 e. The third-order valence-electron chi connectivity index (χ3n) is 5.10. The van der Waals surface area contributed by atoms with Crippen LogP contribution in [0.3, 0.4) is 0 Å². The van der Waals surface area contributed by atoms with Crippen LogP contribution in [0.4, 0.5) is 18.9 Å². The second kappa shape index (κ2) is 9.80. The number of alkyl halides is 3. The molecule has 0 fully saturated rings. The molecule has 0 radical (unpaired) electrons. The fraction of sp³-hybridized carbons (Fsp3) is 0.120. The molecule has 4 rings (SSSR count). The van der Waals surface area contributed by atoms with Crippen LogP contribution in [0.5, 0.6) is 0 Å². The lowest BCUT2D eigenvalue weighted by molar-refractivity contribution is -0.137. The Kier molecular flexibility index (Phi) is 6.63. The first kappa shape index (κ1) is 23.7. The Balaban J connectivity index is 1.39. The molecule has 10 heteroatoms. The molecule has 0 spiro atoms. The molecule has 0 aliphatic heterocycles. The third kappa shape index (κ3) is 5.91. The lowest BCUT2D eigenvalue weighted by Gasteiger charge is -2.10. The van der Waals surface area contributed by atoms with Crippen molar-refractivity contribution in [2.24, 2.45) is 0 Å². The van der Waals surface area contributed by atoms with E-state index < -0.39 is 17.6 Å². The van der Waals surface area contributed by atoms with Crippen LogP contribution in [0.25, 0.3) is 5.69 Å². The van der Waals surface area contributed by atoms with Crippen molar-refractivity contribution in [1.82, 2.24) is 20.3 Å². The summed E-state index contributed by atoms with van der Waals surface area (Å²) in [6.45, 7) is 2.32. The van der Waals surface area contributed by atoms with E-state index in [1.807, 2.05) is 31.2 Å². The molecule has 0 unspecified atom stereocenters. The molecule has 4 aromatic rings. The van der Waals surface area contributed by atoms with Gasteiger partial charge < -0.3 is 10.6 Å². The summed E-state index contributed by atoms with van der Waals surface area (Å²) in [5.74, 6) is -0.944. The first-order chi connectivity index (χ1) is 16.7. The van der Waals surface area contributed by atoms with Crippen LogP contribution in [0.2, 0.25) is 0 Å². The number of benzene rings is 3. The van der Waals surface area contributed by atoms with Gasteiger partial charge >= 0.3 is 6.18 Å². The maximum atomic E-state index is 12.9. The number of aryl methyl sites for hydroxylation is 1. The van der Waals surface area contributed by atoms with Gasteiger partial charge in [-0.3, -0.25) is 9.59 Å². The van der Waals surface area contributed by atoms with E-state index in [0.29, 0.717) is 12.2 Å². The minimum absolute atomic E-state index is 0.0338. The van der Waals surface area contributed by atoms with Crippen LogP contribution in [0.15, 0.2) is 79.0 Å². The number of carbonyl (C=O) groups excluding carboxylic acids is 2. The quantitative estimate of drug-likeness (QED) is 0.417. The number of hydrogen-bond donors (Lipinski definition) is 2. The fourth-order valence-electron chi connectivity index (χ4n) is 3.33. The number of carbonyl (C=O) groups is 2. The number of anilines is 1. The average molecular weight is 479 g/mol. The molecule has 0 atom stereocenters. The van der Waals surface area contributed by atoms with E-state index >= 15 is 0 Å². The molecule has 2 N–H and O–H groups in total. The standard InChI is InChI=1S/C25H20F3N5O2/c1-16-4-2-5-17(12-16)14-29-24(35)22-15-33(32-31-22)21-10-8-18(9-11-21)23(34)30-20-7-3-6-19(13-20)25(26,27)28/h2-13,15H,14H2,1H3,(H,29,35)(H,30,34). The SMILES string of the molecule is Cc1cccc(CNC(=O)c2cn(-c3ccc(C(=O)Nc4cccc(C(F)(F)F)c4)cc3)nn2)c1. The summed E-state index contributed by atoms with van der Waals surface area (Å²) in [4.78, 5) is 24.8. The van der Waals surface area contributed by atoms with Crippen molar-refractivity contribution in [2.45, 2.75) is 19.6 Å². The normalized spacial score (nSPS) is 11.2. The van der Waals surface area contributed by atoms with Gasteiger partial charge in [0.05, 0.1) is 17.4 Å². The Morgan fingerprint density at radius 2 is 1.69 bits per heavy atom. The Morgan fingerprint density at radius 1 is 0.943 bits per heavy atom. The second-order valence-electron chi connectivity index (χ2n) is 7.80. The predicted octanol–water partition coefficient (Wildman–Crippen LogP) is 4.78. The molecule has 178 valence electrons. The Morgan fingerprint density at radius 3 is 2.40 bits per heavy atom. The summed E-state index contributed by atoms with van der Waals surface area (Å²) in [7, 11) is 0. The first-order valence-electron chi connectivity index (χ1n) is 10.5. The van der Waals surface area contributed by atoms with Gasteiger partial charge in [0.2, 0.25) is 0 Å². The number of aromatic nitrogens is 3. The predicted molar refractivity (Wildman–Crippen MR) is 123 cm³/mol. The van der Waals surface area contributed by atoms with Crippen molar-refractivity contribution in [1.29, 1.82) is 0 Å². The van der Waals surface area contributed by atoms with Crippen LogP contribution in [0, 0.1) is 6.92 Å². The largest absolute Gasteiger partial charge is 0.416 e. The first-order valence-corrected chi connectivity index (χ1v) is 10.5. The van der Waals surface area contributed by atoms with Crippen molar-refractivity contribution in [3.8, 4) is 5.69 Å². The highest BCUT2D eigenvalue weighted by Crippen LogP contribution is 2.30. The lowest BCUT2D eigenvalue weighted by atomic mass is 10.1. The van der Waals surface area contributed by atoms with Gasteiger partial charge in [-0.05, 0) is 55.0 Å². The zero-order valence-corrected chi connectivity index (χ0v) is 18.5. The van der Waals surface area contributed by atoms with Gasteiger partial charge in [0, 0.05) is 17.8 Å². The monoisotopic (exact) mass is 479 g/mol. The van der Waals surface area contributed by atoms with Crippen molar-refractivity contribution in [3.05, 3.63) is 107 Å². The molecule has 1 heterocycles. The zero-order chi connectivity index (χ0) is 25.0. The van der Waals surface area contributed by atoms with Gasteiger partial charge in [0.25, 0.3) is 11.8 Å². The van der Waals surface area contributed by atoms with Crippen molar-refractivity contribution in [2.75, 3.05) is 5.32 Å². The molecule has 0 aliphatic rings. The molecule has 7 nitrogen and oxygen atoms in total. The highest BCUT2D eigenvalue weighted by molar-refractivity contribution is 6.04. The molecule has 3 aromatic carbocycles. The molecule has 0 saturated carbocycles. The second-order valence-corrected chi connectivity index (χ2v) is 7.80. The summed E-state index contributed by atoms with van der Waals surface area (Å²) < 4.78 is 40.0. The number of nitrogens with zero attached hydrogens (tertiary/aromatic N) is 3. The van der Waals surface area contributed by atoms with Gasteiger partial charge in [0.1, 0.15) is 0 Å². The number of amides is 2. The smallest absolute Gasteiger partial charge is 0.347 e. The summed E-state index contributed by atoms with van der Waals surface area (Å²) in [5.41, 5.74) is 2.15. The van der Waals surface area contributed by atoms with E-state index in [2.05, 4.69) is 20.9 Å². The number of hydrogen-bond acceptors (Lipinski definition) is 4. The van der Waals surface area contributed by atoms with Crippen molar-refractivity contribution >= 4 is 17.5 Å². The van der Waals surface area contributed by atoms with Crippen LogP contribution >= 0.6 is 0 Å². The molecular weight excluding hydrogens is 459 g/mol. The lowest BCUT2D eigenvalue weighted by Crippen LogP contribution is -2.23. The summed E-state index contributed by atoms with van der Waals surface area (Å²) in [6.07, 6.45) is -3.04. The molecule has 0 bridgehead atoms. The molecular formula is C25H20F3N5O2. The van der Waals surface area contributed by atoms with E-state index in [1.165, 1.54) is 35.1 Å². The molecule has 35 heavy (non-hydrogen) atoms. The highest BCUT2D eigenvalue weighted by atomic mass is 19.4. The number of rotatable bonds is 6. The van der Waals surface area contributed by atoms with Gasteiger partial charge in [-0.15, -0.1) is 5.10 Å². The summed E-state index contributed by atoms with van der Waals surface area (Å²) in [6, 6.07) is 18.3. The highest BCUT2D eigenvalue weighted by Gasteiger charge is 2.30. The van der Waals surface area contributed by atoms with Gasteiger partial charge in [-0.1, -0.05) is 41.1 Å². The summed E-state index contributed by atoms with van der Waals surface area (Å²) in [5, 5.41) is 13.1. The van der Waals surface area contributed by atoms with Crippen molar-refractivity contribution < 1.29 is 22.8 Å². The van der Waals surface area contributed by atoms with Gasteiger partial charge in [-0.25, -0.2) is 4.68 Å². The fourth-order valence-corrected chi connectivity index (χ4v) is 3.33. The molecule has 1 aromatic heterocycles. The van der Waals surface area contributed by atoms with E-state index in [-0.39, 0.29) is 22.9 Å². The molecule has 0 saturated heterocycles. The minimum atomic E-state index is -4.50. The van der Waals surface area contributed by atoms with E-state index in [4.69, 9.17) is 0 Å². The summed E-state index contributed by atoms with van der Waals surface area (Å²) >= 11 is 0. The maximum absolute atomic E-state index is 12.9. The average Bonchev–Trinajstić information content (AvgIpc) is 3.33. The third-order valence-corrected chi connectivity index (χ3v) is 5.10. The Hall–Kier alpha value is -4.47. The topological polar surface area (TPSA) is 88.9 Å². The van der Waals surface area contributed by atoms with E-state index in [0.717, 1.165) is 23.3 Å². The van der Waals surface area contributed by atoms with Gasteiger partial charge in [-0.2, -0.15) is 13.2 Å². The van der Waals surface area contributed by atoms with Crippen LogP contribution in [0.1, 0.15) is 37.5 Å². The molecule has 2 amide bonds. The molecule has 0 aliphatic carbocycles. The van der Waals surface area contributed by atoms with Crippen LogP contribution in [-0.4, -0.2) is 26.8 Å².